The highest BCUT2D eigenvalue weighted by Gasteiger charge is 2.23. The van der Waals surface area contributed by atoms with Crippen LogP contribution in [-0.4, -0.2) is 16.5 Å². The largest absolute Gasteiger partial charge is 0.357 e. The van der Waals surface area contributed by atoms with Crippen LogP contribution in [0.1, 0.15) is 45.0 Å². The second-order valence-corrected chi connectivity index (χ2v) is 7.74. The zero-order chi connectivity index (χ0) is 13.1. The maximum atomic E-state index is 4.74. The summed E-state index contributed by atoms with van der Waals surface area (Å²) in [7, 11) is 0. The van der Waals surface area contributed by atoms with Crippen molar-refractivity contribution in [3.63, 3.8) is 0 Å². The van der Waals surface area contributed by atoms with Crippen molar-refractivity contribution in [3.8, 4) is 0 Å². The van der Waals surface area contributed by atoms with Gasteiger partial charge in [-0.3, -0.25) is 4.99 Å². The molecule has 2 nitrogen and oxygen atoms in total. The van der Waals surface area contributed by atoms with Crippen molar-refractivity contribution in [1.29, 1.82) is 0 Å². The predicted octanol–water partition coefficient (Wildman–Crippen LogP) is 4.30. The Morgan fingerprint density at radius 1 is 1.39 bits per heavy atom. The third-order valence-corrected chi connectivity index (χ3v) is 5.12. The maximum absolute atomic E-state index is 4.74. The zero-order valence-corrected chi connectivity index (χ0v) is 13.1. The molecular formula is C14H22N2S2. The molecule has 2 heterocycles. The van der Waals surface area contributed by atoms with E-state index in [9.17, 15) is 0 Å². The third kappa shape index (κ3) is 3.51. The molecule has 1 N–H and O–H groups in total. The number of hydrogen-bond donors (Lipinski definition) is 1. The Hall–Kier alpha value is -0.480. The lowest BCUT2D eigenvalue weighted by Gasteiger charge is -2.28. The summed E-state index contributed by atoms with van der Waals surface area (Å²) in [5.74, 6) is 0.569. The molecular weight excluding hydrogens is 260 g/mol. The molecule has 100 valence electrons. The van der Waals surface area contributed by atoms with E-state index in [0.717, 1.165) is 5.17 Å². The molecule has 1 aromatic rings. The quantitative estimate of drug-likeness (QED) is 0.893. The topological polar surface area (TPSA) is 24.4 Å². The summed E-state index contributed by atoms with van der Waals surface area (Å²) in [5, 5.41) is 7.57. The minimum absolute atomic E-state index is 0.383. The summed E-state index contributed by atoms with van der Waals surface area (Å²) < 4.78 is 0. The highest BCUT2D eigenvalue weighted by molar-refractivity contribution is 8.14. The number of nitrogens with one attached hydrogen (secondary N) is 1. The van der Waals surface area contributed by atoms with Crippen LogP contribution in [0, 0.1) is 5.92 Å². The number of hydrogen-bond acceptors (Lipinski definition) is 4. The lowest BCUT2D eigenvalue weighted by atomic mass is 10.0. The van der Waals surface area contributed by atoms with Crippen molar-refractivity contribution in [2.24, 2.45) is 10.9 Å². The van der Waals surface area contributed by atoms with E-state index >= 15 is 0 Å². The van der Waals surface area contributed by atoms with E-state index in [2.05, 4.69) is 50.5 Å². The van der Waals surface area contributed by atoms with Gasteiger partial charge in [-0.05, 0) is 30.7 Å². The van der Waals surface area contributed by atoms with Crippen molar-refractivity contribution in [2.45, 2.75) is 51.4 Å². The number of thioether (sulfide) groups is 1. The molecule has 0 radical (unpaired) electrons. The van der Waals surface area contributed by atoms with Gasteiger partial charge in [0.25, 0.3) is 0 Å². The van der Waals surface area contributed by atoms with Gasteiger partial charge in [-0.25, -0.2) is 0 Å². The molecule has 0 spiro atoms. The second kappa shape index (κ2) is 6.11. The Kier molecular flexibility index (Phi) is 4.73. The summed E-state index contributed by atoms with van der Waals surface area (Å²) >= 11 is 3.70. The first kappa shape index (κ1) is 13.9. The van der Waals surface area contributed by atoms with Crippen LogP contribution in [0.5, 0.6) is 0 Å². The first-order valence-corrected chi connectivity index (χ1v) is 8.36. The van der Waals surface area contributed by atoms with Crippen molar-refractivity contribution < 1.29 is 0 Å². The number of thiophene rings is 1. The molecule has 0 saturated carbocycles. The van der Waals surface area contributed by atoms with Crippen molar-refractivity contribution in [3.05, 3.63) is 22.4 Å². The predicted molar refractivity (Wildman–Crippen MR) is 83.6 cm³/mol. The second-order valence-electron chi connectivity index (χ2n) is 5.33. The molecule has 18 heavy (non-hydrogen) atoms. The first-order chi connectivity index (χ1) is 8.56. The van der Waals surface area contributed by atoms with E-state index in [4.69, 9.17) is 4.99 Å². The Bertz CT molecular complexity index is 398. The van der Waals surface area contributed by atoms with Gasteiger partial charge in [-0.1, -0.05) is 38.6 Å². The Labute approximate surface area is 118 Å². The molecule has 1 aromatic heterocycles. The van der Waals surface area contributed by atoms with Crippen molar-refractivity contribution in [2.75, 3.05) is 0 Å². The van der Waals surface area contributed by atoms with E-state index in [1.165, 1.54) is 11.3 Å². The van der Waals surface area contributed by atoms with Crippen LogP contribution in [0.2, 0.25) is 0 Å². The van der Waals surface area contributed by atoms with Crippen LogP contribution >= 0.6 is 23.1 Å². The van der Waals surface area contributed by atoms with E-state index in [1.54, 1.807) is 0 Å². The minimum Gasteiger partial charge on any atom is -0.357 e. The molecule has 0 amide bonds. The molecule has 4 heteroatoms. The SMILES string of the molecule is CC1CC(C)SC(NC(c2cccs2)C(C)C)=N1. The summed E-state index contributed by atoms with van der Waals surface area (Å²) in [6.07, 6.45) is 1.18. The van der Waals surface area contributed by atoms with Crippen LogP contribution in [0.4, 0.5) is 0 Å². The van der Waals surface area contributed by atoms with Crippen LogP contribution in [0.25, 0.3) is 0 Å². The molecule has 2 rings (SSSR count). The Morgan fingerprint density at radius 3 is 2.72 bits per heavy atom. The fraction of sp³-hybridized carbons (Fsp3) is 0.643. The minimum atomic E-state index is 0.383. The highest BCUT2D eigenvalue weighted by atomic mass is 32.2. The van der Waals surface area contributed by atoms with E-state index in [0.29, 0.717) is 23.3 Å². The fourth-order valence-electron chi connectivity index (χ4n) is 2.24. The van der Waals surface area contributed by atoms with Gasteiger partial charge < -0.3 is 5.32 Å². The zero-order valence-electron chi connectivity index (χ0n) is 11.5. The van der Waals surface area contributed by atoms with Gasteiger partial charge in [0.05, 0.1) is 12.1 Å². The first-order valence-electron chi connectivity index (χ1n) is 6.60. The molecule has 0 fully saturated rings. The Balaban J connectivity index is 2.10. The third-order valence-electron chi connectivity index (χ3n) is 3.12. The highest BCUT2D eigenvalue weighted by Crippen LogP contribution is 2.30. The van der Waals surface area contributed by atoms with E-state index in [-0.39, 0.29) is 0 Å². The number of aliphatic imine (C=N–C) groups is 1. The van der Waals surface area contributed by atoms with Crippen LogP contribution < -0.4 is 5.32 Å². The lowest BCUT2D eigenvalue weighted by Crippen LogP contribution is -2.33. The molecule has 0 aromatic carbocycles. The van der Waals surface area contributed by atoms with Gasteiger partial charge in [0.15, 0.2) is 5.17 Å². The van der Waals surface area contributed by atoms with Gasteiger partial charge in [0, 0.05) is 10.1 Å². The molecule has 1 aliphatic heterocycles. The summed E-state index contributed by atoms with van der Waals surface area (Å²) in [5.41, 5.74) is 0. The normalized spacial score (nSPS) is 25.9. The van der Waals surface area contributed by atoms with Crippen molar-refractivity contribution in [1.82, 2.24) is 5.32 Å². The van der Waals surface area contributed by atoms with Crippen LogP contribution in [0.15, 0.2) is 22.5 Å². The number of rotatable bonds is 3. The maximum Gasteiger partial charge on any atom is 0.157 e. The average molecular weight is 282 g/mol. The number of nitrogens with zero attached hydrogens (tertiary/aromatic N) is 1. The van der Waals surface area contributed by atoms with Crippen LogP contribution in [0.3, 0.4) is 0 Å². The van der Waals surface area contributed by atoms with Gasteiger partial charge in [-0.15, -0.1) is 11.3 Å². The standard InChI is InChI=1S/C14H22N2S2/c1-9(2)13(12-6-5-7-17-12)16-14-15-10(3)8-11(4)18-14/h5-7,9-11,13H,8H2,1-4H3,(H,15,16). The van der Waals surface area contributed by atoms with Gasteiger partial charge >= 0.3 is 0 Å². The lowest BCUT2D eigenvalue weighted by molar-refractivity contribution is 0.478. The van der Waals surface area contributed by atoms with Gasteiger partial charge in [0.1, 0.15) is 0 Å². The number of amidine groups is 1. The Morgan fingerprint density at radius 2 is 2.17 bits per heavy atom. The van der Waals surface area contributed by atoms with E-state index < -0.39 is 0 Å². The molecule has 1 aliphatic rings. The average Bonchev–Trinajstić information content (AvgIpc) is 2.77. The van der Waals surface area contributed by atoms with Crippen molar-refractivity contribution >= 4 is 28.3 Å². The van der Waals surface area contributed by atoms with E-state index in [1.807, 2.05) is 23.1 Å². The summed E-state index contributed by atoms with van der Waals surface area (Å²) in [6, 6.07) is 5.16. The smallest absolute Gasteiger partial charge is 0.157 e. The monoisotopic (exact) mass is 282 g/mol. The summed E-state index contributed by atoms with van der Waals surface area (Å²) in [6.45, 7) is 9.01. The molecule has 0 saturated heterocycles. The van der Waals surface area contributed by atoms with Gasteiger partial charge in [-0.2, -0.15) is 0 Å². The van der Waals surface area contributed by atoms with Gasteiger partial charge in [0.2, 0.25) is 0 Å². The molecule has 3 atom stereocenters. The summed E-state index contributed by atoms with van der Waals surface area (Å²) in [4.78, 5) is 6.14. The molecule has 0 aliphatic carbocycles. The molecule has 3 unspecified atom stereocenters. The van der Waals surface area contributed by atoms with Crippen LogP contribution in [-0.2, 0) is 0 Å². The fourth-order valence-corrected chi connectivity index (χ4v) is 4.38. The molecule has 0 bridgehead atoms.